The molecule has 1 saturated carbocycles. The predicted octanol–water partition coefficient (Wildman–Crippen LogP) is 3.21. The van der Waals surface area contributed by atoms with Gasteiger partial charge in [-0.2, -0.15) is 0 Å². The van der Waals surface area contributed by atoms with Gasteiger partial charge in [0.25, 0.3) is 0 Å². The molecule has 16 heavy (non-hydrogen) atoms. The van der Waals surface area contributed by atoms with Gasteiger partial charge >= 0.3 is 0 Å². The number of rotatable bonds is 0. The number of ether oxygens (including phenoxy) is 1. The molecule has 86 valence electrons. The van der Waals surface area contributed by atoms with Crippen molar-refractivity contribution in [2.24, 2.45) is 0 Å². The van der Waals surface area contributed by atoms with E-state index in [4.69, 9.17) is 4.74 Å². The second-order valence-corrected chi connectivity index (χ2v) is 5.02. The maximum atomic E-state index is 10.5. The summed E-state index contributed by atoms with van der Waals surface area (Å²) in [6.07, 6.45) is 6.44. The monoisotopic (exact) mass is 218 g/mol. The third-order valence-electron chi connectivity index (χ3n) is 3.98. The molecule has 1 aromatic rings. The van der Waals surface area contributed by atoms with Crippen molar-refractivity contribution >= 4 is 0 Å². The van der Waals surface area contributed by atoms with Gasteiger partial charge in [0.1, 0.15) is 17.5 Å². The van der Waals surface area contributed by atoms with Crippen LogP contribution in [-0.4, -0.2) is 10.7 Å². The van der Waals surface area contributed by atoms with Crippen LogP contribution in [0.4, 0.5) is 0 Å². The average molecular weight is 218 g/mol. The van der Waals surface area contributed by atoms with Crippen LogP contribution in [0.2, 0.25) is 0 Å². The summed E-state index contributed by atoms with van der Waals surface area (Å²) in [6, 6.07) is 7.90. The predicted molar refractivity (Wildman–Crippen MR) is 62.5 cm³/mol. The van der Waals surface area contributed by atoms with Crippen LogP contribution in [0.15, 0.2) is 24.3 Å². The number of fused-ring (bicyclic) bond motifs is 1. The van der Waals surface area contributed by atoms with E-state index in [1.807, 2.05) is 24.3 Å². The van der Waals surface area contributed by atoms with Crippen molar-refractivity contribution in [3.05, 3.63) is 29.8 Å². The summed E-state index contributed by atoms with van der Waals surface area (Å²) < 4.78 is 6.08. The van der Waals surface area contributed by atoms with E-state index in [1.54, 1.807) is 0 Å². The molecule has 0 saturated heterocycles. The van der Waals surface area contributed by atoms with Gasteiger partial charge in [-0.1, -0.05) is 31.0 Å². The summed E-state index contributed by atoms with van der Waals surface area (Å²) in [4.78, 5) is 0. The summed E-state index contributed by atoms with van der Waals surface area (Å²) in [7, 11) is 0. The Morgan fingerprint density at radius 1 is 1.06 bits per heavy atom. The van der Waals surface area contributed by atoms with Crippen LogP contribution >= 0.6 is 0 Å². The Labute approximate surface area is 96.2 Å². The van der Waals surface area contributed by atoms with Crippen LogP contribution < -0.4 is 4.74 Å². The van der Waals surface area contributed by atoms with Gasteiger partial charge in [0, 0.05) is 5.56 Å². The Hall–Kier alpha value is -1.02. The first kappa shape index (κ1) is 10.2. The Morgan fingerprint density at radius 2 is 1.75 bits per heavy atom. The number of aliphatic hydroxyl groups excluding tert-OH is 1. The molecule has 3 rings (SSSR count). The lowest BCUT2D eigenvalue weighted by atomic mass is 9.87. The van der Waals surface area contributed by atoms with E-state index in [1.165, 1.54) is 25.7 Å². The van der Waals surface area contributed by atoms with Crippen LogP contribution in [0.1, 0.15) is 50.2 Å². The van der Waals surface area contributed by atoms with Gasteiger partial charge in [-0.3, -0.25) is 0 Å². The first-order chi connectivity index (χ1) is 7.82. The van der Waals surface area contributed by atoms with Gasteiger partial charge < -0.3 is 9.84 Å². The molecular weight excluding hydrogens is 200 g/mol. The van der Waals surface area contributed by atoms with Gasteiger partial charge in [0.05, 0.1) is 0 Å². The summed E-state index contributed by atoms with van der Waals surface area (Å²) in [5.74, 6) is 0.886. The van der Waals surface area contributed by atoms with Gasteiger partial charge in [-0.05, 0) is 31.7 Å². The Bertz CT molecular complexity index is 378. The van der Waals surface area contributed by atoms with E-state index in [9.17, 15) is 5.11 Å². The highest BCUT2D eigenvalue weighted by molar-refractivity contribution is 5.41. The summed E-state index contributed by atoms with van der Waals surface area (Å²) >= 11 is 0. The largest absolute Gasteiger partial charge is 0.484 e. The first-order valence-electron chi connectivity index (χ1n) is 6.28. The highest BCUT2D eigenvalue weighted by Crippen LogP contribution is 2.49. The van der Waals surface area contributed by atoms with E-state index in [2.05, 4.69) is 0 Å². The summed E-state index contributed by atoms with van der Waals surface area (Å²) in [5.41, 5.74) is 0.657. The van der Waals surface area contributed by atoms with Crippen molar-refractivity contribution in [3.63, 3.8) is 0 Å². The molecule has 1 N–H and O–H groups in total. The normalized spacial score (nSPS) is 27.2. The standard InChI is InChI=1S/C14H18O2/c15-13-11-7-3-4-8-12(11)16-14(13)9-5-1-2-6-10-14/h3-4,7-8,13,15H,1-2,5-6,9-10H2. The van der Waals surface area contributed by atoms with E-state index < -0.39 is 6.10 Å². The molecule has 1 heterocycles. The Balaban J connectivity index is 1.95. The lowest BCUT2D eigenvalue weighted by Crippen LogP contribution is -2.37. The van der Waals surface area contributed by atoms with E-state index in [-0.39, 0.29) is 5.60 Å². The van der Waals surface area contributed by atoms with Gasteiger partial charge in [-0.25, -0.2) is 0 Å². The molecule has 1 aliphatic heterocycles. The zero-order valence-electron chi connectivity index (χ0n) is 9.48. The number of para-hydroxylation sites is 1. The number of benzene rings is 1. The van der Waals surface area contributed by atoms with Crippen LogP contribution in [-0.2, 0) is 0 Å². The molecule has 1 unspecified atom stereocenters. The van der Waals surface area contributed by atoms with Gasteiger partial charge in [-0.15, -0.1) is 0 Å². The third kappa shape index (κ3) is 1.44. The second kappa shape index (κ2) is 3.77. The SMILES string of the molecule is OC1c2ccccc2OC12CCCCCC2. The highest BCUT2D eigenvalue weighted by atomic mass is 16.5. The fraction of sp³-hybridized carbons (Fsp3) is 0.571. The smallest absolute Gasteiger partial charge is 0.139 e. The lowest BCUT2D eigenvalue weighted by molar-refractivity contribution is -0.0388. The fourth-order valence-electron chi connectivity index (χ4n) is 3.06. The number of aliphatic hydroxyl groups is 1. The average Bonchev–Trinajstić information content (AvgIpc) is 2.49. The Morgan fingerprint density at radius 3 is 2.44 bits per heavy atom. The molecule has 0 amide bonds. The second-order valence-electron chi connectivity index (χ2n) is 5.02. The molecule has 2 heteroatoms. The minimum Gasteiger partial charge on any atom is -0.484 e. The molecular formula is C14H18O2. The van der Waals surface area contributed by atoms with E-state index >= 15 is 0 Å². The van der Waals surface area contributed by atoms with Crippen molar-refractivity contribution in [3.8, 4) is 5.75 Å². The highest BCUT2D eigenvalue weighted by Gasteiger charge is 2.47. The van der Waals surface area contributed by atoms with Crippen molar-refractivity contribution in [2.45, 2.75) is 50.2 Å². The number of hydrogen-bond acceptors (Lipinski definition) is 2. The fourth-order valence-corrected chi connectivity index (χ4v) is 3.06. The molecule has 1 aromatic carbocycles. The van der Waals surface area contributed by atoms with E-state index in [0.717, 1.165) is 24.2 Å². The molecule has 1 fully saturated rings. The minimum atomic E-state index is -0.429. The molecule has 2 aliphatic rings. The first-order valence-corrected chi connectivity index (χ1v) is 6.28. The molecule has 0 aromatic heterocycles. The maximum Gasteiger partial charge on any atom is 0.139 e. The van der Waals surface area contributed by atoms with Gasteiger partial charge in [0.2, 0.25) is 0 Å². The molecule has 0 bridgehead atoms. The molecule has 0 radical (unpaired) electrons. The van der Waals surface area contributed by atoms with Crippen LogP contribution in [0.3, 0.4) is 0 Å². The van der Waals surface area contributed by atoms with Crippen molar-refractivity contribution in [1.29, 1.82) is 0 Å². The topological polar surface area (TPSA) is 29.5 Å². The van der Waals surface area contributed by atoms with Crippen LogP contribution in [0, 0.1) is 0 Å². The summed E-state index contributed by atoms with van der Waals surface area (Å²) in [5, 5.41) is 10.5. The quantitative estimate of drug-likeness (QED) is 0.724. The summed E-state index contributed by atoms with van der Waals surface area (Å²) in [6.45, 7) is 0. The maximum absolute atomic E-state index is 10.5. The zero-order chi connectivity index (χ0) is 11.0. The lowest BCUT2D eigenvalue weighted by Gasteiger charge is -2.30. The Kier molecular flexibility index (Phi) is 2.40. The van der Waals surface area contributed by atoms with Crippen molar-refractivity contribution in [2.75, 3.05) is 0 Å². The number of hydrogen-bond donors (Lipinski definition) is 1. The van der Waals surface area contributed by atoms with Crippen LogP contribution in [0.5, 0.6) is 5.75 Å². The molecule has 2 nitrogen and oxygen atoms in total. The minimum absolute atomic E-state index is 0.319. The molecule has 1 atom stereocenters. The molecule has 1 aliphatic carbocycles. The van der Waals surface area contributed by atoms with Crippen molar-refractivity contribution in [1.82, 2.24) is 0 Å². The van der Waals surface area contributed by atoms with Crippen molar-refractivity contribution < 1.29 is 9.84 Å². The molecule has 1 spiro atoms. The van der Waals surface area contributed by atoms with Gasteiger partial charge in [0.15, 0.2) is 0 Å². The zero-order valence-corrected chi connectivity index (χ0v) is 9.48. The third-order valence-corrected chi connectivity index (χ3v) is 3.98. The van der Waals surface area contributed by atoms with E-state index in [0.29, 0.717) is 0 Å². The van der Waals surface area contributed by atoms with Crippen LogP contribution in [0.25, 0.3) is 0 Å².